The van der Waals surface area contributed by atoms with Crippen LogP contribution in [-0.2, 0) is 4.74 Å². The zero-order chi connectivity index (χ0) is 7.56. The first kappa shape index (κ1) is 7.73. The summed E-state index contributed by atoms with van der Waals surface area (Å²) in [5.41, 5.74) is 0.977. The third kappa shape index (κ3) is 1.81. The highest BCUT2D eigenvalue weighted by Gasteiger charge is 2.22. The molecule has 2 heteroatoms. The molecule has 2 unspecified atom stereocenters. The van der Waals surface area contributed by atoms with E-state index in [4.69, 9.17) is 4.74 Å². The summed E-state index contributed by atoms with van der Waals surface area (Å²) < 4.78 is 17.8. The molecule has 0 aromatic heterocycles. The summed E-state index contributed by atoms with van der Waals surface area (Å²) in [5.74, 6) is 0. The first-order valence-corrected chi connectivity index (χ1v) is 3.56. The third-order valence-electron chi connectivity index (χ3n) is 1.88. The molecule has 1 saturated carbocycles. The van der Waals surface area contributed by atoms with E-state index in [9.17, 15) is 4.39 Å². The zero-order valence-electron chi connectivity index (χ0n) is 6.27. The Labute approximate surface area is 60.9 Å². The molecule has 0 aliphatic heterocycles. The highest BCUT2D eigenvalue weighted by molar-refractivity contribution is 5.02. The van der Waals surface area contributed by atoms with Crippen molar-refractivity contribution in [3.05, 3.63) is 12.2 Å². The number of rotatable bonds is 1. The van der Waals surface area contributed by atoms with Gasteiger partial charge in [-0.3, -0.25) is 0 Å². The second-order valence-electron chi connectivity index (χ2n) is 2.85. The van der Waals surface area contributed by atoms with Gasteiger partial charge in [-0.05, 0) is 12.8 Å². The Kier molecular flexibility index (Phi) is 2.44. The minimum atomic E-state index is -0.730. The molecule has 10 heavy (non-hydrogen) atoms. The molecular weight excluding hydrogens is 131 g/mol. The molecule has 1 rings (SSSR count). The van der Waals surface area contributed by atoms with E-state index in [-0.39, 0.29) is 6.10 Å². The van der Waals surface area contributed by atoms with Crippen molar-refractivity contribution >= 4 is 0 Å². The molecule has 0 spiro atoms. The van der Waals surface area contributed by atoms with E-state index in [0.717, 1.165) is 12.0 Å². The van der Waals surface area contributed by atoms with Crippen LogP contribution in [0.2, 0.25) is 0 Å². The van der Waals surface area contributed by atoms with Crippen LogP contribution in [0.15, 0.2) is 12.2 Å². The summed E-state index contributed by atoms with van der Waals surface area (Å²) in [4.78, 5) is 0. The van der Waals surface area contributed by atoms with E-state index in [0.29, 0.717) is 12.8 Å². The summed E-state index contributed by atoms with van der Waals surface area (Å²) in [5, 5.41) is 0. The Bertz CT molecular complexity index is 133. The van der Waals surface area contributed by atoms with Crippen molar-refractivity contribution in [1.82, 2.24) is 0 Å². The highest BCUT2D eigenvalue weighted by atomic mass is 19.1. The summed E-state index contributed by atoms with van der Waals surface area (Å²) in [6.45, 7) is 3.74. The molecule has 0 saturated heterocycles. The number of hydrogen-bond acceptors (Lipinski definition) is 1. The monoisotopic (exact) mass is 144 g/mol. The molecule has 0 heterocycles. The van der Waals surface area contributed by atoms with Crippen molar-refractivity contribution in [2.24, 2.45) is 0 Å². The predicted octanol–water partition coefficient (Wildman–Crippen LogP) is 2.08. The molecule has 1 fully saturated rings. The summed E-state index contributed by atoms with van der Waals surface area (Å²) in [6.07, 6.45) is 1.23. The Balaban J connectivity index is 2.42. The summed E-state index contributed by atoms with van der Waals surface area (Å²) >= 11 is 0. The number of methoxy groups -OCH3 is 1. The van der Waals surface area contributed by atoms with Gasteiger partial charge in [0.1, 0.15) is 6.17 Å². The maximum absolute atomic E-state index is 12.7. The van der Waals surface area contributed by atoms with Gasteiger partial charge < -0.3 is 4.74 Å². The van der Waals surface area contributed by atoms with E-state index >= 15 is 0 Å². The highest BCUT2D eigenvalue weighted by Crippen LogP contribution is 2.26. The smallest absolute Gasteiger partial charge is 0.106 e. The maximum Gasteiger partial charge on any atom is 0.106 e. The van der Waals surface area contributed by atoms with Crippen LogP contribution >= 0.6 is 0 Å². The van der Waals surface area contributed by atoms with Gasteiger partial charge in [0, 0.05) is 13.5 Å². The Hall–Kier alpha value is -0.370. The van der Waals surface area contributed by atoms with Crippen molar-refractivity contribution in [2.75, 3.05) is 7.11 Å². The van der Waals surface area contributed by atoms with E-state index < -0.39 is 6.17 Å². The van der Waals surface area contributed by atoms with Crippen LogP contribution in [0.4, 0.5) is 4.39 Å². The van der Waals surface area contributed by atoms with Crippen LogP contribution < -0.4 is 0 Å². The molecule has 58 valence electrons. The molecular formula is C8H13FO. The van der Waals surface area contributed by atoms with Gasteiger partial charge >= 0.3 is 0 Å². The van der Waals surface area contributed by atoms with Crippen LogP contribution in [0.25, 0.3) is 0 Å². The van der Waals surface area contributed by atoms with E-state index in [2.05, 4.69) is 6.58 Å². The molecule has 0 radical (unpaired) electrons. The third-order valence-corrected chi connectivity index (χ3v) is 1.88. The zero-order valence-corrected chi connectivity index (χ0v) is 6.27. The topological polar surface area (TPSA) is 9.23 Å². The van der Waals surface area contributed by atoms with Crippen molar-refractivity contribution < 1.29 is 9.13 Å². The van der Waals surface area contributed by atoms with Gasteiger partial charge in [-0.15, -0.1) is 0 Å². The Morgan fingerprint density at radius 2 is 2.30 bits per heavy atom. The Morgan fingerprint density at radius 1 is 1.60 bits per heavy atom. The molecule has 1 aliphatic rings. The van der Waals surface area contributed by atoms with Gasteiger partial charge in [0.2, 0.25) is 0 Å². The second-order valence-corrected chi connectivity index (χ2v) is 2.85. The first-order valence-electron chi connectivity index (χ1n) is 3.56. The minimum absolute atomic E-state index is 0.0660. The largest absolute Gasteiger partial charge is 0.381 e. The molecule has 0 N–H and O–H groups in total. The van der Waals surface area contributed by atoms with Gasteiger partial charge in [-0.1, -0.05) is 12.2 Å². The summed E-state index contributed by atoms with van der Waals surface area (Å²) in [6, 6.07) is 0. The van der Waals surface area contributed by atoms with E-state index in [1.54, 1.807) is 7.11 Å². The normalized spacial score (nSPS) is 34.4. The molecule has 1 aliphatic carbocycles. The number of hydrogen-bond donors (Lipinski definition) is 0. The van der Waals surface area contributed by atoms with E-state index in [1.807, 2.05) is 0 Å². The van der Waals surface area contributed by atoms with Gasteiger partial charge in [0.05, 0.1) is 6.10 Å². The quantitative estimate of drug-likeness (QED) is 0.512. The number of halogens is 1. The fraction of sp³-hybridized carbons (Fsp3) is 0.750. The fourth-order valence-corrected chi connectivity index (χ4v) is 1.35. The van der Waals surface area contributed by atoms with Gasteiger partial charge in [0.25, 0.3) is 0 Å². The molecule has 0 aromatic rings. The van der Waals surface area contributed by atoms with Crippen LogP contribution in [-0.4, -0.2) is 19.4 Å². The van der Waals surface area contributed by atoms with Crippen LogP contribution in [0, 0.1) is 0 Å². The molecule has 0 bridgehead atoms. The van der Waals surface area contributed by atoms with Crippen LogP contribution in [0.1, 0.15) is 19.3 Å². The summed E-state index contributed by atoms with van der Waals surface area (Å²) in [7, 11) is 1.62. The molecule has 1 nitrogen and oxygen atoms in total. The van der Waals surface area contributed by atoms with Crippen molar-refractivity contribution in [3.8, 4) is 0 Å². The lowest BCUT2D eigenvalue weighted by Crippen LogP contribution is -2.23. The number of ether oxygens (including phenoxy) is 1. The lowest BCUT2D eigenvalue weighted by molar-refractivity contribution is 0.0575. The predicted molar refractivity (Wildman–Crippen MR) is 38.7 cm³/mol. The van der Waals surface area contributed by atoms with Crippen molar-refractivity contribution in [1.29, 1.82) is 0 Å². The first-order chi connectivity index (χ1) is 4.72. The molecule has 0 aromatic carbocycles. The van der Waals surface area contributed by atoms with Gasteiger partial charge in [-0.25, -0.2) is 4.39 Å². The maximum atomic E-state index is 12.7. The van der Waals surface area contributed by atoms with Crippen molar-refractivity contribution in [2.45, 2.75) is 31.5 Å². The van der Waals surface area contributed by atoms with Gasteiger partial charge in [0.15, 0.2) is 0 Å². The average molecular weight is 144 g/mol. The fourth-order valence-electron chi connectivity index (χ4n) is 1.35. The minimum Gasteiger partial charge on any atom is -0.381 e. The van der Waals surface area contributed by atoms with Gasteiger partial charge in [-0.2, -0.15) is 0 Å². The van der Waals surface area contributed by atoms with Crippen LogP contribution in [0.5, 0.6) is 0 Å². The van der Waals surface area contributed by atoms with Crippen molar-refractivity contribution in [3.63, 3.8) is 0 Å². The lowest BCUT2D eigenvalue weighted by Gasteiger charge is -2.24. The Morgan fingerprint density at radius 3 is 2.80 bits per heavy atom. The molecule has 2 atom stereocenters. The molecule has 0 amide bonds. The number of alkyl halides is 1. The SMILES string of the molecule is C=C1CC(F)CC(OC)C1. The van der Waals surface area contributed by atoms with E-state index in [1.165, 1.54) is 0 Å². The standard InChI is InChI=1S/C8H13FO/c1-6-3-7(9)5-8(4-6)10-2/h7-8H,1,3-5H2,2H3. The average Bonchev–Trinajstić information content (AvgIpc) is 1.85. The lowest BCUT2D eigenvalue weighted by atomic mass is 9.92. The van der Waals surface area contributed by atoms with Crippen LogP contribution in [0.3, 0.4) is 0 Å². The second kappa shape index (κ2) is 3.15.